The minimum absolute atomic E-state index is 0.275. The van der Waals surface area contributed by atoms with Crippen LogP contribution in [0.15, 0.2) is 0 Å². The molecule has 19 heavy (non-hydrogen) atoms. The fourth-order valence-corrected chi connectivity index (χ4v) is 2.46. The predicted octanol–water partition coefficient (Wildman–Crippen LogP) is 0.276. The minimum atomic E-state index is -0.366. The van der Waals surface area contributed by atoms with Gasteiger partial charge < -0.3 is 15.4 Å². The van der Waals surface area contributed by atoms with E-state index in [9.17, 15) is 9.59 Å². The number of ether oxygens (including phenoxy) is 1. The van der Waals surface area contributed by atoms with Gasteiger partial charge in [-0.2, -0.15) is 0 Å². The Hall–Kier alpha value is -1.90. The number of anilines is 1. The molecule has 0 saturated carbocycles. The first-order valence-electron chi connectivity index (χ1n) is 5.83. The summed E-state index contributed by atoms with van der Waals surface area (Å²) in [6.07, 6.45) is 1.49. The zero-order valence-corrected chi connectivity index (χ0v) is 11.3. The lowest BCUT2D eigenvalue weighted by Crippen LogP contribution is -2.45. The summed E-state index contributed by atoms with van der Waals surface area (Å²) in [6.45, 7) is 0.947. The molecule has 1 aromatic rings. The van der Waals surface area contributed by atoms with Gasteiger partial charge in [0, 0.05) is 13.1 Å². The highest BCUT2D eigenvalue weighted by Gasteiger charge is 2.27. The number of urea groups is 1. The Balaban J connectivity index is 1.93. The maximum absolute atomic E-state index is 12.0. The first-order chi connectivity index (χ1) is 9.10. The van der Waals surface area contributed by atoms with Crippen molar-refractivity contribution in [3.8, 4) is 5.19 Å². The highest BCUT2D eigenvalue weighted by Crippen LogP contribution is 2.23. The average Bonchev–Trinajstić information content (AvgIpc) is 2.86. The number of methoxy groups -OCH3 is 1. The van der Waals surface area contributed by atoms with Crippen molar-refractivity contribution in [2.45, 2.75) is 12.8 Å². The molecule has 1 atom stereocenters. The molecular weight excluding hydrogens is 270 g/mol. The van der Waals surface area contributed by atoms with Gasteiger partial charge >= 0.3 is 6.03 Å². The predicted molar refractivity (Wildman–Crippen MR) is 69.0 cm³/mol. The van der Waals surface area contributed by atoms with Crippen molar-refractivity contribution in [2.75, 3.05) is 25.5 Å². The molecule has 1 aliphatic heterocycles. The van der Waals surface area contributed by atoms with Crippen molar-refractivity contribution in [3.05, 3.63) is 0 Å². The molecule has 3 amide bonds. The normalized spacial score (nSPS) is 19.0. The van der Waals surface area contributed by atoms with Crippen LogP contribution in [0.1, 0.15) is 12.8 Å². The van der Waals surface area contributed by atoms with Crippen molar-refractivity contribution in [1.29, 1.82) is 0 Å². The molecule has 1 unspecified atom stereocenters. The number of carbonyl (C=O) groups is 2. The minimum Gasteiger partial charge on any atom is -0.472 e. The van der Waals surface area contributed by atoms with E-state index in [4.69, 9.17) is 10.5 Å². The Morgan fingerprint density at radius 3 is 2.95 bits per heavy atom. The van der Waals surface area contributed by atoms with Crippen LogP contribution >= 0.6 is 11.3 Å². The van der Waals surface area contributed by atoms with Crippen LogP contribution in [0.3, 0.4) is 0 Å². The van der Waals surface area contributed by atoms with E-state index in [1.54, 1.807) is 4.90 Å². The SMILES string of the molecule is COc1nnc(NC(=O)N2CCCC(C(N)=O)C2)s1. The molecule has 1 fully saturated rings. The Labute approximate surface area is 113 Å². The number of nitrogens with one attached hydrogen (secondary N) is 1. The van der Waals surface area contributed by atoms with Gasteiger partial charge in [0.25, 0.3) is 5.19 Å². The molecule has 0 bridgehead atoms. The third kappa shape index (κ3) is 3.31. The van der Waals surface area contributed by atoms with Crippen LogP contribution < -0.4 is 15.8 Å². The molecule has 0 spiro atoms. The Kier molecular flexibility index (Phi) is 4.15. The summed E-state index contributed by atoms with van der Waals surface area (Å²) in [5.41, 5.74) is 5.27. The van der Waals surface area contributed by atoms with Crippen LogP contribution in [0.4, 0.5) is 9.93 Å². The molecule has 1 aromatic heterocycles. The van der Waals surface area contributed by atoms with Gasteiger partial charge in [-0.15, -0.1) is 5.10 Å². The van der Waals surface area contributed by atoms with Gasteiger partial charge in [-0.25, -0.2) is 4.79 Å². The fourth-order valence-electron chi connectivity index (χ4n) is 1.91. The van der Waals surface area contributed by atoms with E-state index in [2.05, 4.69) is 15.5 Å². The van der Waals surface area contributed by atoms with E-state index in [1.165, 1.54) is 7.11 Å². The Morgan fingerprint density at radius 2 is 2.32 bits per heavy atom. The van der Waals surface area contributed by atoms with Crippen LogP contribution in [-0.2, 0) is 4.79 Å². The number of rotatable bonds is 3. The molecule has 0 radical (unpaired) electrons. The number of likely N-dealkylation sites (tertiary alicyclic amines) is 1. The summed E-state index contributed by atoms with van der Waals surface area (Å²) in [4.78, 5) is 24.7. The summed E-state index contributed by atoms with van der Waals surface area (Å²) in [5.74, 6) is -0.640. The van der Waals surface area contributed by atoms with E-state index in [1.807, 2.05) is 0 Å². The summed E-state index contributed by atoms with van der Waals surface area (Å²) in [5, 5.41) is 10.9. The lowest BCUT2D eigenvalue weighted by molar-refractivity contribution is -0.123. The number of nitrogens with zero attached hydrogens (tertiary/aromatic N) is 3. The van der Waals surface area contributed by atoms with Crippen LogP contribution in [0, 0.1) is 5.92 Å². The van der Waals surface area contributed by atoms with Crippen molar-refractivity contribution in [3.63, 3.8) is 0 Å². The molecule has 3 N–H and O–H groups in total. The quantitative estimate of drug-likeness (QED) is 0.828. The smallest absolute Gasteiger partial charge is 0.323 e. The van der Waals surface area contributed by atoms with Crippen molar-refractivity contribution in [1.82, 2.24) is 15.1 Å². The lowest BCUT2D eigenvalue weighted by Gasteiger charge is -2.30. The molecule has 9 heteroatoms. The standard InChI is InChI=1S/C10H15N5O3S/c1-18-10-14-13-8(19-10)12-9(17)15-4-2-3-6(5-15)7(11)16/h6H,2-5H2,1H3,(H2,11,16)(H,12,13,17). The van der Waals surface area contributed by atoms with E-state index in [-0.39, 0.29) is 17.9 Å². The monoisotopic (exact) mass is 285 g/mol. The molecule has 2 heterocycles. The van der Waals surface area contributed by atoms with Crippen molar-refractivity contribution >= 4 is 28.4 Å². The zero-order chi connectivity index (χ0) is 13.8. The molecule has 0 aliphatic carbocycles. The number of hydrogen-bond acceptors (Lipinski definition) is 6. The zero-order valence-electron chi connectivity index (χ0n) is 10.5. The topological polar surface area (TPSA) is 110 Å². The summed E-state index contributed by atoms with van der Waals surface area (Å²) < 4.78 is 4.89. The molecule has 104 valence electrons. The van der Waals surface area contributed by atoms with Gasteiger partial charge in [0.1, 0.15) is 0 Å². The molecule has 1 saturated heterocycles. The number of nitrogens with two attached hydrogens (primary N) is 1. The van der Waals surface area contributed by atoms with Crippen LogP contribution in [0.2, 0.25) is 0 Å². The number of amides is 3. The number of primary amides is 1. The second kappa shape index (κ2) is 5.83. The van der Waals surface area contributed by atoms with E-state index in [0.29, 0.717) is 23.4 Å². The van der Waals surface area contributed by atoms with Gasteiger partial charge in [0.05, 0.1) is 13.0 Å². The van der Waals surface area contributed by atoms with Crippen LogP contribution in [-0.4, -0.2) is 47.2 Å². The second-order valence-corrected chi connectivity index (χ2v) is 5.13. The molecular formula is C10H15N5O3S. The first-order valence-corrected chi connectivity index (χ1v) is 6.64. The van der Waals surface area contributed by atoms with E-state index >= 15 is 0 Å². The Morgan fingerprint density at radius 1 is 1.53 bits per heavy atom. The highest BCUT2D eigenvalue weighted by atomic mass is 32.1. The molecule has 2 rings (SSSR count). The molecule has 1 aliphatic rings. The van der Waals surface area contributed by atoms with Gasteiger partial charge in [0.2, 0.25) is 11.0 Å². The third-order valence-electron chi connectivity index (χ3n) is 2.91. The third-order valence-corrected chi connectivity index (χ3v) is 3.71. The Bertz CT molecular complexity index is 477. The van der Waals surface area contributed by atoms with Crippen LogP contribution in [0.25, 0.3) is 0 Å². The van der Waals surface area contributed by atoms with Gasteiger partial charge in [-0.1, -0.05) is 5.10 Å². The number of piperidine rings is 1. The molecule has 8 nitrogen and oxygen atoms in total. The second-order valence-electron chi connectivity index (χ2n) is 4.19. The summed E-state index contributed by atoms with van der Waals surface area (Å²) in [7, 11) is 1.48. The van der Waals surface area contributed by atoms with Crippen molar-refractivity contribution < 1.29 is 14.3 Å². The van der Waals surface area contributed by atoms with Gasteiger partial charge in [0.15, 0.2) is 0 Å². The van der Waals surface area contributed by atoms with Crippen LogP contribution in [0.5, 0.6) is 5.19 Å². The maximum Gasteiger partial charge on any atom is 0.323 e. The average molecular weight is 285 g/mol. The van der Waals surface area contributed by atoms with Gasteiger partial charge in [-0.05, 0) is 24.2 Å². The maximum atomic E-state index is 12.0. The van der Waals surface area contributed by atoms with Crippen molar-refractivity contribution in [2.24, 2.45) is 11.7 Å². The fraction of sp³-hybridized carbons (Fsp3) is 0.600. The first kappa shape index (κ1) is 13.5. The number of aromatic nitrogens is 2. The van der Waals surface area contributed by atoms with E-state index in [0.717, 1.165) is 24.2 Å². The van der Waals surface area contributed by atoms with E-state index < -0.39 is 0 Å². The number of carbonyl (C=O) groups excluding carboxylic acids is 2. The summed E-state index contributed by atoms with van der Waals surface area (Å²) >= 11 is 1.14. The highest BCUT2D eigenvalue weighted by molar-refractivity contribution is 7.17. The lowest BCUT2D eigenvalue weighted by atomic mass is 9.98. The number of hydrogen-bond donors (Lipinski definition) is 2. The van der Waals surface area contributed by atoms with Gasteiger partial charge in [-0.3, -0.25) is 10.1 Å². The largest absolute Gasteiger partial charge is 0.472 e. The molecule has 0 aromatic carbocycles. The summed E-state index contributed by atoms with van der Waals surface area (Å²) in [6, 6.07) is -0.301.